The van der Waals surface area contributed by atoms with E-state index in [4.69, 9.17) is 4.52 Å². The fourth-order valence-electron chi connectivity index (χ4n) is 4.59. The molecule has 0 radical (unpaired) electrons. The molecular formula is C22H23N5O3. The van der Waals surface area contributed by atoms with Crippen LogP contribution in [-0.4, -0.2) is 40.2 Å². The molecule has 2 N–H and O–H groups in total. The van der Waals surface area contributed by atoms with E-state index in [1.165, 1.54) is 6.07 Å². The third-order valence-electron chi connectivity index (χ3n) is 5.96. The number of aromatic nitrogens is 3. The molecule has 4 heterocycles. The lowest BCUT2D eigenvalue weighted by Gasteiger charge is -2.42. The van der Waals surface area contributed by atoms with Gasteiger partial charge in [0, 0.05) is 55.2 Å². The number of nitrogens with zero attached hydrogens (tertiary/aromatic N) is 3. The highest BCUT2D eigenvalue weighted by molar-refractivity contribution is 5.81. The zero-order valence-electron chi connectivity index (χ0n) is 16.5. The molecule has 0 spiro atoms. The van der Waals surface area contributed by atoms with Crippen molar-refractivity contribution in [2.45, 2.75) is 24.8 Å². The van der Waals surface area contributed by atoms with Crippen LogP contribution in [0.15, 0.2) is 57.8 Å². The predicted octanol–water partition coefficient (Wildman–Crippen LogP) is 1.50. The first-order chi connectivity index (χ1) is 14.7. The Labute approximate surface area is 173 Å². The molecule has 2 aromatic heterocycles. The number of carbonyl (C=O) groups excluding carboxylic acids is 1. The van der Waals surface area contributed by atoms with Gasteiger partial charge in [0.15, 0.2) is 0 Å². The van der Waals surface area contributed by atoms with Crippen LogP contribution in [0, 0.1) is 5.92 Å². The number of carbonyl (C=O) groups is 1. The molecule has 2 aliphatic rings. The maximum atomic E-state index is 13.1. The number of hydrogen-bond donors (Lipinski definition) is 2. The molecule has 3 aromatic rings. The van der Waals surface area contributed by atoms with Gasteiger partial charge in [0.2, 0.25) is 17.6 Å². The molecule has 1 aromatic carbocycles. The van der Waals surface area contributed by atoms with E-state index in [0.29, 0.717) is 24.7 Å². The zero-order chi connectivity index (χ0) is 20.5. The second-order valence-corrected chi connectivity index (χ2v) is 7.87. The summed E-state index contributed by atoms with van der Waals surface area (Å²) in [6.07, 6.45) is 1.35. The van der Waals surface area contributed by atoms with Crippen LogP contribution in [-0.2, 0) is 11.2 Å². The molecule has 1 saturated heterocycles. The van der Waals surface area contributed by atoms with E-state index in [9.17, 15) is 9.59 Å². The van der Waals surface area contributed by atoms with Crippen molar-refractivity contribution < 1.29 is 9.32 Å². The molecule has 8 nitrogen and oxygen atoms in total. The summed E-state index contributed by atoms with van der Waals surface area (Å²) in [5, 5.41) is 10.4. The van der Waals surface area contributed by atoms with Gasteiger partial charge < -0.3 is 15.2 Å². The van der Waals surface area contributed by atoms with Crippen molar-refractivity contribution in [3.8, 4) is 11.4 Å². The summed E-state index contributed by atoms with van der Waals surface area (Å²) in [4.78, 5) is 30.0. The predicted molar refractivity (Wildman–Crippen MR) is 110 cm³/mol. The van der Waals surface area contributed by atoms with Crippen LogP contribution in [0.1, 0.15) is 30.0 Å². The van der Waals surface area contributed by atoms with Gasteiger partial charge in [0.25, 0.3) is 5.56 Å². The number of pyridine rings is 1. The minimum absolute atomic E-state index is 0.101. The summed E-state index contributed by atoms with van der Waals surface area (Å²) in [7, 11) is 0. The molecule has 2 bridgehead atoms. The first-order valence-electron chi connectivity index (χ1n) is 10.3. The van der Waals surface area contributed by atoms with Crippen LogP contribution in [0.4, 0.5) is 0 Å². The molecular weight excluding hydrogens is 382 g/mol. The number of nitrogens with one attached hydrogen (secondary N) is 2. The first-order valence-corrected chi connectivity index (χ1v) is 10.3. The second-order valence-electron chi connectivity index (χ2n) is 7.87. The summed E-state index contributed by atoms with van der Waals surface area (Å²) in [5.74, 6) is 1.24. The standard InChI is InChI=1S/C22H23N5O3/c28-19-8-4-7-17-15-11-16(13-23-12-15)20(27(17)19)22(29)24-10-9-18-25-21(26-30-18)14-5-2-1-3-6-14/h1-8,15-16,20,23H,9-13H2,(H,24,29)/t15-,16+,20-/m1/s1. The van der Waals surface area contributed by atoms with Crippen molar-refractivity contribution >= 4 is 5.91 Å². The van der Waals surface area contributed by atoms with Gasteiger partial charge in [-0.15, -0.1) is 0 Å². The number of hydrogen-bond acceptors (Lipinski definition) is 6. The van der Waals surface area contributed by atoms with Crippen LogP contribution in [0.5, 0.6) is 0 Å². The van der Waals surface area contributed by atoms with Crippen molar-refractivity contribution in [1.82, 2.24) is 25.3 Å². The molecule has 154 valence electrons. The molecule has 2 aliphatic heterocycles. The molecule has 0 aliphatic carbocycles. The lowest BCUT2D eigenvalue weighted by molar-refractivity contribution is -0.127. The maximum absolute atomic E-state index is 13.1. The highest BCUT2D eigenvalue weighted by atomic mass is 16.5. The third kappa shape index (κ3) is 3.43. The number of fused-ring (bicyclic) bond motifs is 4. The minimum Gasteiger partial charge on any atom is -0.354 e. The van der Waals surface area contributed by atoms with Crippen LogP contribution in [0.25, 0.3) is 11.4 Å². The quantitative estimate of drug-likeness (QED) is 0.667. The summed E-state index contributed by atoms with van der Waals surface area (Å²) < 4.78 is 7.00. The average Bonchev–Trinajstić information content (AvgIpc) is 3.24. The van der Waals surface area contributed by atoms with Gasteiger partial charge in [0.1, 0.15) is 6.04 Å². The fraction of sp³-hybridized carbons (Fsp3) is 0.364. The molecule has 30 heavy (non-hydrogen) atoms. The number of rotatable bonds is 5. The van der Waals surface area contributed by atoms with E-state index < -0.39 is 6.04 Å². The Morgan fingerprint density at radius 2 is 2.03 bits per heavy atom. The molecule has 3 atom stereocenters. The van der Waals surface area contributed by atoms with Crippen molar-refractivity contribution in [3.63, 3.8) is 0 Å². The molecule has 1 fully saturated rings. The van der Waals surface area contributed by atoms with E-state index in [0.717, 1.165) is 30.8 Å². The Bertz CT molecular complexity index is 1110. The van der Waals surface area contributed by atoms with Crippen molar-refractivity contribution in [2.24, 2.45) is 5.92 Å². The molecule has 8 heteroatoms. The first kappa shape index (κ1) is 18.7. The smallest absolute Gasteiger partial charge is 0.251 e. The SMILES string of the molecule is O=C(NCCc1nc(-c2ccccc2)no1)[C@H]1[C@@H]2CNC[C@@H](C2)c2cccc(=O)n21. The number of amides is 1. The zero-order valence-corrected chi connectivity index (χ0v) is 16.5. The van der Waals surface area contributed by atoms with Crippen molar-refractivity contribution in [2.75, 3.05) is 19.6 Å². The van der Waals surface area contributed by atoms with Crippen molar-refractivity contribution in [1.29, 1.82) is 0 Å². The Balaban J connectivity index is 1.28. The lowest BCUT2D eigenvalue weighted by atomic mass is 9.79. The molecule has 5 rings (SSSR count). The molecule has 0 saturated carbocycles. The Hall–Kier alpha value is -3.26. The van der Waals surface area contributed by atoms with Gasteiger partial charge in [0.05, 0.1) is 0 Å². The Kier molecular flexibility index (Phi) is 4.92. The van der Waals surface area contributed by atoms with Gasteiger partial charge >= 0.3 is 0 Å². The highest BCUT2D eigenvalue weighted by Gasteiger charge is 2.41. The summed E-state index contributed by atoms with van der Waals surface area (Å²) in [6.45, 7) is 1.95. The average molecular weight is 405 g/mol. The van der Waals surface area contributed by atoms with Gasteiger partial charge in [-0.25, -0.2) is 0 Å². The summed E-state index contributed by atoms with van der Waals surface area (Å²) in [6, 6.07) is 14.4. The third-order valence-corrected chi connectivity index (χ3v) is 5.96. The number of piperidine rings is 1. The largest absolute Gasteiger partial charge is 0.354 e. The molecule has 0 unspecified atom stereocenters. The van der Waals surface area contributed by atoms with Crippen LogP contribution >= 0.6 is 0 Å². The van der Waals surface area contributed by atoms with Gasteiger partial charge in [-0.05, 0) is 12.5 Å². The van der Waals surface area contributed by atoms with E-state index in [-0.39, 0.29) is 23.3 Å². The highest BCUT2D eigenvalue weighted by Crippen LogP contribution is 2.38. The van der Waals surface area contributed by atoms with Gasteiger partial charge in [-0.1, -0.05) is 41.6 Å². The molecule has 1 amide bonds. The van der Waals surface area contributed by atoms with Crippen LogP contribution in [0.2, 0.25) is 0 Å². The Morgan fingerprint density at radius 3 is 2.90 bits per heavy atom. The summed E-state index contributed by atoms with van der Waals surface area (Å²) >= 11 is 0. The van der Waals surface area contributed by atoms with Gasteiger partial charge in [-0.3, -0.25) is 14.2 Å². The van der Waals surface area contributed by atoms with E-state index in [1.807, 2.05) is 36.4 Å². The normalized spacial score (nSPS) is 22.3. The monoisotopic (exact) mass is 405 g/mol. The topological polar surface area (TPSA) is 102 Å². The maximum Gasteiger partial charge on any atom is 0.251 e. The number of benzene rings is 1. The van der Waals surface area contributed by atoms with Crippen LogP contribution < -0.4 is 16.2 Å². The van der Waals surface area contributed by atoms with E-state index in [1.54, 1.807) is 10.6 Å². The second kappa shape index (κ2) is 7.87. The van der Waals surface area contributed by atoms with Crippen molar-refractivity contribution in [3.05, 3.63) is 70.5 Å². The minimum atomic E-state index is -0.500. The fourth-order valence-corrected chi connectivity index (χ4v) is 4.59. The van der Waals surface area contributed by atoms with Crippen LogP contribution in [0.3, 0.4) is 0 Å². The van der Waals surface area contributed by atoms with Gasteiger partial charge in [-0.2, -0.15) is 4.98 Å². The van der Waals surface area contributed by atoms with E-state index in [2.05, 4.69) is 20.8 Å². The summed E-state index contributed by atoms with van der Waals surface area (Å²) in [5.41, 5.74) is 1.71. The Morgan fingerprint density at radius 1 is 1.17 bits per heavy atom. The van der Waals surface area contributed by atoms with E-state index >= 15 is 0 Å². The lowest BCUT2D eigenvalue weighted by Crippen LogP contribution is -2.52.